The molecule has 1 heterocycles. The zero-order valence-corrected chi connectivity index (χ0v) is 23.7. The number of aromatic nitrogens is 2. The lowest BCUT2D eigenvalue weighted by Gasteiger charge is -2.12. The van der Waals surface area contributed by atoms with Crippen LogP contribution in [-0.2, 0) is 17.8 Å². The molecule has 0 atom stereocenters. The summed E-state index contributed by atoms with van der Waals surface area (Å²) in [4.78, 5) is 17.0. The van der Waals surface area contributed by atoms with Crippen molar-refractivity contribution in [3.05, 3.63) is 88.7 Å². The quantitative estimate of drug-likeness (QED) is 0.162. The van der Waals surface area contributed by atoms with Crippen molar-refractivity contribution in [1.82, 2.24) is 14.9 Å². The molecule has 0 saturated heterocycles. The molecule has 0 aliphatic heterocycles. The van der Waals surface area contributed by atoms with Gasteiger partial charge in [-0.05, 0) is 93.1 Å². The van der Waals surface area contributed by atoms with Crippen LogP contribution in [0.2, 0.25) is 5.02 Å². The summed E-state index contributed by atoms with van der Waals surface area (Å²) in [5, 5.41) is 3.57. The van der Waals surface area contributed by atoms with Crippen LogP contribution in [0, 0.1) is 13.8 Å². The van der Waals surface area contributed by atoms with Gasteiger partial charge < -0.3 is 19.4 Å². The molecular formula is C32H38ClN3O3. The molecule has 1 amide bonds. The Morgan fingerprint density at radius 1 is 0.923 bits per heavy atom. The van der Waals surface area contributed by atoms with E-state index in [0.717, 1.165) is 62.2 Å². The Hall–Kier alpha value is -3.51. The van der Waals surface area contributed by atoms with E-state index in [9.17, 15) is 4.79 Å². The van der Waals surface area contributed by atoms with Gasteiger partial charge in [-0.25, -0.2) is 4.98 Å². The van der Waals surface area contributed by atoms with Crippen molar-refractivity contribution in [2.24, 2.45) is 0 Å². The number of carbonyl (C=O) groups is 1. The Morgan fingerprint density at radius 3 is 2.59 bits per heavy atom. The highest BCUT2D eigenvalue weighted by Gasteiger charge is 2.10. The Morgan fingerprint density at radius 2 is 1.74 bits per heavy atom. The average Bonchev–Trinajstić information content (AvgIpc) is 3.29. The third-order valence-corrected chi connectivity index (χ3v) is 6.95. The Labute approximate surface area is 236 Å². The summed E-state index contributed by atoms with van der Waals surface area (Å²) in [7, 11) is 0. The van der Waals surface area contributed by atoms with Crippen molar-refractivity contribution in [2.75, 3.05) is 19.8 Å². The molecule has 0 bridgehead atoms. The van der Waals surface area contributed by atoms with E-state index in [1.807, 2.05) is 6.07 Å². The van der Waals surface area contributed by atoms with Crippen molar-refractivity contribution >= 4 is 28.5 Å². The molecule has 6 nitrogen and oxygen atoms in total. The number of nitrogens with zero attached hydrogens (tertiary/aromatic N) is 2. The van der Waals surface area contributed by atoms with Crippen molar-refractivity contribution in [2.45, 2.75) is 58.9 Å². The predicted molar refractivity (Wildman–Crippen MR) is 158 cm³/mol. The monoisotopic (exact) mass is 547 g/mol. The number of imidazole rings is 1. The zero-order valence-electron chi connectivity index (χ0n) is 22.9. The highest BCUT2D eigenvalue weighted by atomic mass is 35.5. The second-order valence-corrected chi connectivity index (χ2v) is 10.3. The minimum absolute atomic E-state index is 0.00128. The number of amides is 1. The van der Waals surface area contributed by atoms with Crippen molar-refractivity contribution in [3.63, 3.8) is 0 Å². The molecule has 0 saturated carbocycles. The number of fused-ring (bicyclic) bond motifs is 1. The molecule has 0 aliphatic carbocycles. The number of aryl methyl sites for hydroxylation is 4. The summed E-state index contributed by atoms with van der Waals surface area (Å²) in [6.45, 7) is 6.46. The first-order valence-corrected chi connectivity index (χ1v) is 14.2. The lowest BCUT2D eigenvalue weighted by atomic mass is 10.1. The van der Waals surface area contributed by atoms with Crippen LogP contribution in [0.25, 0.3) is 11.0 Å². The van der Waals surface area contributed by atoms with E-state index in [0.29, 0.717) is 23.9 Å². The van der Waals surface area contributed by atoms with E-state index < -0.39 is 0 Å². The number of unbranched alkanes of at least 4 members (excludes halogenated alkanes) is 3. The SMILES string of the molecule is Cc1ccc(C)c(OCCCCn2c(CCCCCNC(=O)COc3ccc(Cl)cc3)nc3ccccc32)c1. The molecule has 4 aromatic rings. The highest BCUT2D eigenvalue weighted by molar-refractivity contribution is 6.30. The molecule has 7 heteroatoms. The lowest BCUT2D eigenvalue weighted by molar-refractivity contribution is -0.123. The second-order valence-electron chi connectivity index (χ2n) is 9.90. The maximum Gasteiger partial charge on any atom is 0.257 e. The minimum Gasteiger partial charge on any atom is -0.493 e. The Kier molecular flexibility index (Phi) is 10.7. The van der Waals surface area contributed by atoms with Crippen LogP contribution < -0.4 is 14.8 Å². The number of carbonyl (C=O) groups excluding carboxylic acids is 1. The van der Waals surface area contributed by atoms with Crippen LogP contribution in [0.3, 0.4) is 0 Å². The summed E-state index contributed by atoms with van der Waals surface area (Å²) in [5.74, 6) is 2.63. The van der Waals surface area contributed by atoms with Crippen LogP contribution in [0.15, 0.2) is 66.7 Å². The van der Waals surface area contributed by atoms with Gasteiger partial charge >= 0.3 is 0 Å². The van der Waals surface area contributed by atoms with Crippen molar-refractivity contribution in [1.29, 1.82) is 0 Å². The van der Waals surface area contributed by atoms with Gasteiger partial charge in [-0.3, -0.25) is 4.79 Å². The number of rotatable bonds is 15. The predicted octanol–water partition coefficient (Wildman–Crippen LogP) is 7.07. The summed E-state index contributed by atoms with van der Waals surface area (Å²) >= 11 is 5.87. The number of benzene rings is 3. The van der Waals surface area contributed by atoms with E-state index >= 15 is 0 Å². The van der Waals surface area contributed by atoms with E-state index in [4.69, 9.17) is 26.1 Å². The Bertz CT molecular complexity index is 1350. The normalized spacial score (nSPS) is 11.1. The minimum atomic E-state index is -0.117. The smallest absolute Gasteiger partial charge is 0.257 e. The van der Waals surface area contributed by atoms with Gasteiger partial charge in [0.05, 0.1) is 17.6 Å². The number of hydrogen-bond donors (Lipinski definition) is 1. The first-order valence-electron chi connectivity index (χ1n) is 13.8. The largest absolute Gasteiger partial charge is 0.493 e. The van der Waals surface area contributed by atoms with Crippen LogP contribution in [0.5, 0.6) is 11.5 Å². The fourth-order valence-electron chi connectivity index (χ4n) is 4.53. The molecule has 1 N–H and O–H groups in total. The molecule has 39 heavy (non-hydrogen) atoms. The lowest BCUT2D eigenvalue weighted by Crippen LogP contribution is -2.29. The van der Waals surface area contributed by atoms with Gasteiger partial charge in [0.1, 0.15) is 17.3 Å². The average molecular weight is 548 g/mol. The Balaban J connectivity index is 1.17. The third kappa shape index (κ3) is 8.75. The topological polar surface area (TPSA) is 65.4 Å². The molecule has 0 fully saturated rings. The van der Waals surface area contributed by atoms with Crippen LogP contribution >= 0.6 is 11.6 Å². The maximum absolute atomic E-state index is 12.1. The third-order valence-electron chi connectivity index (χ3n) is 6.69. The van der Waals surface area contributed by atoms with E-state index in [1.165, 1.54) is 16.6 Å². The van der Waals surface area contributed by atoms with Gasteiger partial charge in [0.25, 0.3) is 5.91 Å². The van der Waals surface area contributed by atoms with Crippen LogP contribution in [-0.4, -0.2) is 35.2 Å². The first kappa shape index (κ1) is 28.5. The molecule has 0 spiro atoms. The molecule has 4 rings (SSSR count). The van der Waals surface area contributed by atoms with Gasteiger partial charge in [-0.15, -0.1) is 0 Å². The molecule has 1 aromatic heterocycles. The van der Waals surface area contributed by atoms with Gasteiger partial charge in [-0.2, -0.15) is 0 Å². The summed E-state index contributed by atoms with van der Waals surface area (Å²) in [5.41, 5.74) is 4.63. The van der Waals surface area contributed by atoms with Gasteiger partial charge in [0.2, 0.25) is 0 Å². The molecule has 3 aromatic carbocycles. The summed E-state index contributed by atoms with van der Waals surface area (Å²) < 4.78 is 13.9. The van der Waals surface area contributed by atoms with Crippen LogP contribution in [0.4, 0.5) is 0 Å². The fraction of sp³-hybridized carbons (Fsp3) is 0.375. The van der Waals surface area contributed by atoms with E-state index in [-0.39, 0.29) is 12.5 Å². The van der Waals surface area contributed by atoms with E-state index in [2.05, 4.69) is 60.1 Å². The van der Waals surface area contributed by atoms with E-state index in [1.54, 1.807) is 24.3 Å². The molecule has 206 valence electrons. The number of halogens is 1. The fourth-order valence-corrected chi connectivity index (χ4v) is 4.65. The van der Waals surface area contributed by atoms with Gasteiger partial charge in [0, 0.05) is 24.5 Å². The number of hydrogen-bond acceptors (Lipinski definition) is 4. The molecular weight excluding hydrogens is 510 g/mol. The molecule has 0 aliphatic rings. The standard InChI is InChI=1S/C32H38ClN3O3/c1-24-13-14-25(2)30(22-24)38-21-9-8-20-36-29-11-6-5-10-28(29)35-31(36)12-4-3-7-19-34-32(37)23-39-27-17-15-26(33)16-18-27/h5-6,10-11,13-18,22H,3-4,7-9,12,19-21,23H2,1-2H3,(H,34,37). The van der Waals surface area contributed by atoms with Crippen molar-refractivity contribution in [3.8, 4) is 11.5 Å². The molecule has 0 radical (unpaired) electrons. The number of para-hydroxylation sites is 2. The zero-order chi connectivity index (χ0) is 27.5. The van der Waals surface area contributed by atoms with Crippen LogP contribution in [0.1, 0.15) is 49.1 Å². The number of ether oxygens (including phenoxy) is 2. The van der Waals surface area contributed by atoms with Gasteiger partial charge in [0.15, 0.2) is 6.61 Å². The maximum atomic E-state index is 12.1. The molecule has 0 unspecified atom stereocenters. The summed E-state index contributed by atoms with van der Waals surface area (Å²) in [6, 6.07) is 21.7. The second kappa shape index (κ2) is 14.6. The number of nitrogens with one attached hydrogen (secondary N) is 1. The first-order chi connectivity index (χ1) is 19.0. The highest BCUT2D eigenvalue weighted by Crippen LogP contribution is 2.21. The van der Waals surface area contributed by atoms with Crippen molar-refractivity contribution < 1.29 is 14.3 Å². The van der Waals surface area contributed by atoms with Gasteiger partial charge in [-0.1, -0.05) is 42.3 Å². The summed E-state index contributed by atoms with van der Waals surface area (Å²) in [6.07, 6.45) is 5.90.